The molecule has 1 aliphatic heterocycles. The van der Waals surface area contributed by atoms with Gasteiger partial charge >= 0.3 is 0 Å². The molecule has 21 heavy (non-hydrogen) atoms. The molecule has 0 unspecified atom stereocenters. The van der Waals surface area contributed by atoms with Gasteiger partial charge in [-0.05, 0) is 31.9 Å². The van der Waals surface area contributed by atoms with Gasteiger partial charge in [-0.1, -0.05) is 17.7 Å². The van der Waals surface area contributed by atoms with Crippen molar-refractivity contribution in [1.82, 2.24) is 4.90 Å². The van der Waals surface area contributed by atoms with Crippen LogP contribution in [-0.2, 0) is 14.3 Å². The van der Waals surface area contributed by atoms with E-state index in [0.29, 0.717) is 39.1 Å². The molecular weight excluding hydrogens is 268 g/mol. The van der Waals surface area contributed by atoms with E-state index in [4.69, 9.17) is 4.74 Å². The number of hydrogen-bond donors (Lipinski definition) is 1. The molecule has 0 radical (unpaired) electrons. The Morgan fingerprint density at radius 2 is 1.76 bits per heavy atom. The standard InChI is InChI=1S/C16H20N2O3/c1-12-2-4-13(5-3-12)17-14(19)16(6-7-16)15(20)18-8-10-21-11-9-18/h2-5H,6-11H2,1H3,(H,17,19). The van der Waals surface area contributed by atoms with E-state index in [-0.39, 0.29) is 11.8 Å². The van der Waals surface area contributed by atoms with Gasteiger partial charge in [-0.15, -0.1) is 0 Å². The van der Waals surface area contributed by atoms with Gasteiger partial charge < -0.3 is 15.0 Å². The quantitative estimate of drug-likeness (QED) is 0.859. The van der Waals surface area contributed by atoms with Crippen LogP contribution in [0.4, 0.5) is 5.69 Å². The van der Waals surface area contributed by atoms with Crippen molar-refractivity contribution in [1.29, 1.82) is 0 Å². The van der Waals surface area contributed by atoms with Crippen LogP contribution in [0.3, 0.4) is 0 Å². The summed E-state index contributed by atoms with van der Waals surface area (Å²) in [6, 6.07) is 7.61. The largest absolute Gasteiger partial charge is 0.378 e. The number of ether oxygens (including phenoxy) is 1. The first kappa shape index (κ1) is 14.1. The minimum atomic E-state index is -0.845. The van der Waals surface area contributed by atoms with Crippen LogP contribution in [0, 0.1) is 12.3 Å². The van der Waals surface area contributed by atoms with Gasteiger partial charge in [0.1, 0.15) is 5.41 Å². The lowest BCUT2D eigenvalue weighted by molar-refractivity contribution is -0.145. The van der Waals surface area contributed by atoms with Gasteiger partial charge in [0.15, 0.2) is 0 Å². The molecule has 0 bridgehead atoms. The molecular formula is C16H20N2O3. The fraction of sp³-hybridized carbons (Fsp3) is 0.500. The summed E-state index contributed by atoms with van der Waals surface area (Å²) >= 11 is 0. The van der Waals surface area contributed by atoms with Crippen LogP contribution in [0.2, 0.25) is 0 Å². The minimum absolute atomic E-state index is 0.0459. The molecule has 1 aromatic carbocycles. The molecule has 2 aliphatic rings. The number of hydrogen-bond acceptors (Lipinski definition) is 3. The zero-order chi connectivity index (χ0) is 14.9. The highest BCUT2D eigenvalue weighted by molar-refractivity contribution is 6.13. The Bertz CT molecular complexity index is 543. The Hall–Kier alpha value is -1.88. The normalized spacial score (nSPS) is 20.0. The highest BCUT2D eigenvalue weighted by Gasteiger charge is 2.58. The summed E-state index contributed by atoms with van der Waals surface area (Å²) in [4.78, 5) is 26.8. The van der Waals surface area contributed by atoms with Crippen LogP contribution in [-0.4, -0.2) is 43.0 Å². The molecule has 112 valence electrons. The number of carbonyl (C=O) groups is 2. The molecule has 0 aromatic heterocycles. The number of carbonyl (C=O) groups excluding carboxylic acids is 2. The van der Waals surface area contributed by atoms with Crippen molar-refractivity contribution < 1.29 is 14.3 Å². The molecule has 1 heterocycles. The zero-order valence-corrected chi connectivity index (χ0v) is 12.2. The van der Waals surface area contributed by atoms with E-state index < -0.39 is 5.41 Å². The predicted molar refractivity (Wildman–Crippen MR) is 78.9 cm³/mol. The Balaban J connectivity index is 1.68. The summed E-state index contributed by atoms with van der Waals surface area (Å²) in [6.07, 6.45) is 1.28. The minimum Gasteiger partial charge on any atom is -0.378 e. The van der Waals surface area contributed by atoms with E-state index in [1.54, 1.807) is 4.90 Å². The fourth-order valence-corrected chi connectivity index (χ4v) is 2.62. The van der Waals surface area contributed by atoms with Crippen LogP contribution in [0.25, 0.3) is 0 Å². The molecule has 0 spiro atoms. The average molecular weight is 288 g/mol. The highest BCUT2D eigenvalue weighted by Crippen LogP contribution is 2.48. The third-order valence-electron chi connectivity index (χ3n) is 4.20. The van der Waals surface area contributed by atoms with Gasteiger partial charge in [0.2, 0.25) is 11.8 Å². The Labute approximate surface area is 124 Å². The number of rotatable bonds is 3. The molecule has 2 fully saturated rings. The summed E-state index contributed by atoms with van der Waals surface area (Å²) in [5.74, 6) is -0.224. The predicted octanol–water partition coefficient (Wildman–Crippen LogP) is 1.57. The Morgan fingerprint density at radius 1 is 1.14 bits per heavy atom. The van der Waals surface area contributed by atoms with Crippen molar-refractivity contribution in [2.45, 2.75) is 19.8 Å². The van der Waals surface area contributed by atoms with E-state index in [1.807, 2.05) is 31.2 Å². The first-order chi connectivity index (χ1) is 10.1. The van der Waals surface area contributed by atoms with Crippen molar-refractivity contribution in [3.8, 4) is 0 Å². The maximum Gasteiger partial charge on any atom is 0.240 e. The Kier molecular flexibility index (Phi) is 3.68. The van der Waals surface area contributed by atoms with Gasteiger partial charge in [-0.25, -0.2) is 0 Å². The number of anilines is 1. The number of morpholine rings is 1. The fourth-order valence-electron chi connectivity index (χ4n) is 2.62. The van der Waals surface area contributed by atoms with Crippen molar-refractivity contribution in [2.24, 2.45) is 5.41 Å². The zero-order valence-electron chi connectivity index (χ0n) is 12.2. The molecule has 1 saturated heterocycles. The summed E-state index contributed by atoms with van der Waals surface area (Å²) < 4.78 is 5.26. The molecule has 0 atom stereocenters. The van der Waals surface area contributed by atoms with E-state index in [0.717, 1.165) is 11.3 Å². The monoisotopic (exact) mass is 288 g/mol. The SMILES string of the molecule is Cc1ccc(NC(=O)C2(C(=O)N3CCOCC3)CC2)cc1. The van der Waals surface area contributed by atoms with Gasteiger partial charge in [-0.3, -0.25) is 9.59 Å². The van der Waals surface area contributed by atoms with Gasteiger partial charge in [-0.2, -0.15) is 0 Å². The second-order valence-corrected chi connectivity index (χ2v) is 5.81. The molecule has 5 nitrogen and oxygen atoms in total. The summed E-state index contributed by atoms with van der Waals surface area (Å²) in [6.45, 7) is 4.27. The lowest BCUT2D eigenvalue weighted by Gasteiger charge is -2.30. The summed E-state index contributed by atoms with van der Waals surface area (Å²) in [5.41, 5.74) is 1.03. The number of benzene rings is 1. The average Bonchev–Trinajstić information content (AvgIpc) is 3.31. The third-order valence-corrected chi connectivity index (χ3v) is 4.20. The molecule has 3 rings (SSSR count). The Morgan fingerprint density at radius 3 is 2.33 bits per heavy atom. The number of aryl methyl sites for hydroxylation is 1. The topological polar surface area (TPSA) is 58.6 Å². The lowest BCUT2D eigenvalue weighted by Crippen LogP contribution is -2.47. The molecule has 1 N–H and O–H groups in total. The van der Waals surface area contributed by atoms with Crippen LogP contribution < -0.4 is 5.32 Å². The molecule has 1 aliphatic carbocycles. The maximum atomic E-state index is 12.6. The highest BCUT2D eigenvalue weighted by atomic mass is 16.5. The smallest absolute Gasteiger partial charge is 0.240 e. The molecule has 1 saturated carbocycles. The summed E-state index contributed by atoms with van der Waals surface area (Å²) in [7, 11) is 0. The number of amides is 2. The van der Waals surface area contributed by atoms with Crippen molar-refractivity contribution in [3.05, 3.63) is 29.8 Å². The van der Waals surface area contributed by atoms with E-state index in [9.17, 15) is 9.59 Å². The first-order valence-corrected chi connectivity index (χ1v) is 7.37. The molecule has 1 aromatic rings. The number of nitrogens with zero attached hydrogens (tertiary/aromatic N) is 1. The third kappa shape index (κ3) is 2.78. The van der Waals surface area contributed by atoms with Crippen LogP contribution in [0.5, 0.6) is 0 Å². The van der Waals surface area contributed by atoms with Crippen LogP contribution in [0.1, 0.15) is 18.4 Å². The van der Waals surface area contributed by atoms with E-state index >= 15 is 0 Å². The lowest BCUT2D eigenvalue weighted by atomic mass is 10.0. The second kappa shape index (κ2) is 5.48. The maximum absolute atomic E-state index is 12.6. The molecule has 5 heteroatoms. The summed E-state index contributed by atoms with van der Waals surface area (Å²) in [5, 5.41) is 2.87. The number of nitrogens with one attached hydrogen (secondary N) is 1. The molecule has 2 amide bonds. The van der Waals surface area contributed by atoms with Crippen LogP contribution in [0.15, 0.2) is 24.3 Å². The van der Waals surface area contributed by atoms with Gasteiger partial charge in [0, 0.05) is 18.8 Å². The van der Waals surface area contributed by atoms with Crippen molar-refractivity contribution in [2.75, 3.05) is 31.6 Å². The van der Waals surface area contributed by atoms with Crippen LogP contribution >= 0.6 is 0 Å². The van der Waals surface area contributed by atoms with Crippen molar-refractivity contribution >= 4 is 17.5 Å². The van der Waals surface area contributed by atoms with E-state index in [1.165, 1.54) is 0 Å². The van der Waals surface area contributed by atoms with Gasteiger partial charge in [0.25, 0.3) is 0 Å². The second-order valence-electron chi connectivity index (χ2n) is 5.81. The van der Waals surface area contributed by atoms with Gasteiger partial charge in [0.05, 0.1) is 13.2 Å². The first-order valence-electron chi connectivity index (χ1n) is 7.37. The van der Waals surface area contributed by atoms with E-state index in [2.05, 4.69) is 5.32 Å². The van der Waals surface area contributed by atoms with Crippen molar-refractivity contribution in [3.63, 3.8) is 0 Å².